The van der Waals surface area contributed by atoms with Crippen molar-refractivity contribution in [2.24, 2.45) is 19.2 Å². The van der Waals surface area contributed by atoms with Gasteiger partial charge in [0.2, 0.25) is 0 Å². The van der Waals surface area contributed by atoms with E-state index in [1.165, 1.54) is 30.3 Å². The summed E-state index contributed by atoms with van der Waals surface area (Å²) in [6.45, 7) is 1.95. The van der Waals surface area contributed by atoms with Crippen molar-refractivity contribution in [1.29, 1.82) is 0 Å². The lowest BCUT2D eigenvalue weighted by Crippen LogP contribution is -2.37. The molecule has 134 valence electrons. The van der Waals surface area contributed by atoms with Gasteiger partial charge in [-0.3, -0.25) is 23.7 Å². The summed E-state index contributed by atoms with van der Waals surface area (Å²) in [5.41, 5.74) is 3.17. The summed E-state index contributed by atoms with van der Waals surface area (Å²) < 4.78 is 3.93. The molecule has 3 aromatic heterocycles. The topological polar surface area (TPSA) is 116 Å². The first-order valence-electron chi connectivity index (χ1n) is 7.74. The van der Waals surface area contributed by atoms with Crippen molar-refractivity contribution in [2.75, 3.05) is 0 Å². The molecule has 1 amide bonds. The van der Waals surface area contributed by atoms with Gasteiger partial charge in [0, 0.05) is 32.1 Å². The van der Waals surface area contributed by atoms with E-state index < -0.39 is 11.2 Å². The molecule has 0 spiro atoms. The molecule has 0 aromatic carbocycles. The second-order valence-corrected chi connectivity index (χ2v) is 5.77. The first-order valence-corrected chi connectivity index (χ1v) is 7.74. The van der Waals surface area contributed by atoms with Crippen LogP contribution in [0, 0.1) is 0 Å². The van der Waals surface area contributed by atoms with Crippen LogP contribution in [0.2, 0.25) is 0 Å². The van der Waals surface area contributed by atoms with Crippen LogP contribution >= 0.6 is 0 Å². The van der Waals surface area contributed by atoms with Crippen LogP contribution in [0.15, 0.2) is 45.5 Å². The fraction of sp³-hybridized carbons (Fsp3) is 0.250. The fourth-order valence-corrected chi connectivity index (χ4v) is 2.51. The molecule has 26 heavy (non-hydrogen) atoms. The lowest BCUT2D eigenvalue weighted by molar-refractivity contribution is 0.0954. The van der Waals surface area contributed by atoms with E-state index in [9.17, 15) is 14.4 Å². The Morgan fingerprint density at radius 2 is 1.88 bits per heavy atom. The van der Waals surface area contributed by atoms with Crippen molar-refractivity contribution in [1.82, 2.24) is 29.1 Å². The first kappa shape index (κ1) is 17.3. The van der Waals surface area contributed by atoms with Crippen LogP contribution in [0.1, 0.15) is 17.3 Å². The molecule has 0 aliphatic carbocycles. The summed E-state index contributed by atoms with van der Waals surface area (Å²) in [6.07, 6.45) is 4.50. The molecule has 0 atom stereocenters. The number of aryl methyl sites for hydroxylation is 1. The second-order valence-electron chi connectivity index (χ2n) is 5.77. The Labute approximate surface area is 147 Å². The minimum absolute atomic E-state index is 0.237. The van der Waals surface area contributed by atoms with Crippen LogP contribution in [-0.4, -0.2) is 35.3 Å². The smallest absolute Gasteiger partial charge is 0.319 e. The highest BCUT2D eigenvalue weighted by atomic mass is 16.2. The van der Waals surface area contributed by atoms with Gasteiger partial charge in [-0.15, -0.1) is 0 Å². The molecule has 0 radical (unpaired) electrons. The van der Waals surface area contributed by atoms with Crippen LogP contribution in [0.4, 0.5) is 0 Å². The molecule has 3 heterocycles. The molecule has 0 fully saturated rings. The quantitative estimate of drug-likeness (QED) is 0.506. The number of hydrogen-bond donors (Lipinski definition) is 1. The number of amides is 1. The molecular weight excluding hydrogens is 338 g/mol. The number of carbonyl (C=O) groups excluding carboxylic acids is 1. The van der Waals surface area contributed by atoms with E-state index in [2.05, 4.69) is 20.5 Å². The minimum atomic E-state index is -0.442. The van der Waals surface area contributed by atoms with Crippen LogP contribution in [0.25, 0.3) is 11.2 Å². The van der Waals surface area contributed by atoms with E-state index in [-0.39, 0.29) is 12.5 Å². The van der Waals surface area contributed by atoms with Gasteiger partial charge in [-0.1, -0.05) is 0 Å². The van der Waals surface area contributed by atoms with E-state index in [1.54, 1.807) is 30.7 Å². The molecule has 0 saturated carbocycles. The molecule has 0 saturated heterocycles. The molecule has 0 aliphatic heterocycles. The SMILES string of the molecule is C/C(Cn1cnc2c1c(=O)n(C)c(=O)n2C)=N\NC(=O)c1ccncc1. The highest BCUT2D eigenvalue weighted by Crippen LogP contribution is 2.05. The maximum Gasteiger partial charge on any atom is 0.332 e. The Morgan fingerprint density at radius 3 is 2.58 bits per heavy atom. The third-order valence-electron chi connectivity index (χ3n) is 3.91. The number of aromatic nitrogens is 5. The molecule has 0 bridgehead atoms. The average molecular weight is 355 g/mol. The number of fused-ring (bicyclic) bond motifs is 1. The van der Waals surface area contributed by atoms with Gasteiger partial charge in [-0.2, -0.15) is 5.10 Å². The lowest BCUT2D eigenvalue weighted by Gasteiger charge is -2.07. The molecule has 0 aliphatic rings. The molecule has 1 N–H and O–H groups in total. The Morgan fingerprint density at radius 1 is 1.19 bits per heavy atom. The monoisotopic (exact) mass is 355 g/mol. The Hall–Kier alpha value is -3.56. The van der Waals surface area contributed by atoms with E-state index in [1.807, 2.05) is 0 Å². The Kier molecular flexibility index (Phi) is 4.48. The van der Waals surface area contributed by atoms with Crippen molar-refractivity contribution in [3.8, 4) is 0 Å². The van der Waals surface area contributed by atoms with Crippen molar-refractivity contribution in [3.63, 3.8) is 0 Å². The number of hydrazone groups is 1. The van der Waals surface area contributed by atoms with Crippen molar-refractivity contribution < 1.29 is 4.79 Å². The first-order chi connectivity index (χ1) is 12.4. The van der Waals surface area contributed by atoms with Gasteiger partial charge >= 0.3 is 5.69 Å². The lowest BCUT2D eigenvalue weighted by atomic mass is 10.3. The zero-order chi connectivity index (χ0) is 18.8. The van der Waals surface area contributed by atoms with Gasteiger partial charge < -0.3 is 4.57 Å². The third-order valence-corrected chi connectivity index (χ3v) is 3.91. The van der Waals surface area contributed by atoms with Gasteiger partial charge in [0.1, 0.15) is 0 Å². The number of carbonyl (C=O) groups is 1. The summed E-state index contributed by atoms with van der Waals surface area (Å²) in [5.74, 6) is -0.361. The van der Waals surface area contributed by atoms with E-state index in [0.717, 1.165) is 4.57 Å². The van der Waals surface area contributed by atoms with Gasteiger partial charge in [-0.05, 0) is 19.1 Å². The zero-order valence-corrected chi connectivity index (χ0v) is 14.5. The number of hydrogen-bond acceptors (Lipinski definition) is 6. The second kappa shape index (κ2) is 6.75. The van der Waals surface area contributed by atoms with Gasteiger partial charge in [-0.25, -0.2) is 15.2 Å². The third kappa shape index (κ3) is 3.04. The maximum atomic E-state index is 12.4. The number of imidazole rings is 1. The Bertz CT molecular complexity index is 1120. The molecule has 10 nitrogen and oxygen atoms in total. The average Bonchev–Trinajstić information content (AvgIpc) is 3.07. The summed E-state index contributed by atoms with van der Waals surface area (Å²) >= 11 is 0. The van der Waals surface area contributed by atoms with Gasteiger partial charge in [0.25, 0.3) is 11.5 Å². The fourth-order valence-electron chi connectivity index (χ4n) is 2.51. The molecule has 3 aromatic rings. The molecule has 0 unspecified atom stereocenters. The Balaban J connectivity index is 1.86. The number of nitrogens with zero attached hydrogens (tertiary/aromatic N) is 6. The predicted molar refractivity (Wildman–Crippen MR) is 95.0 cm³/mol. The number of rotatable bonds is 4. The maximum absolute atomic E-state index is 12.4. The highest BCUT2D eigenvalue weighted by molar-refractivity contribution is 5.95. The van der Waals surface area contributed by atoms with Crippen LogP contribution < -0.4 is 16.7 Å². The van der Waals surface area contributed by atoms with E-state index in [4.69, 9.17) is 0 Å². The van der Waals surface area contributed by atoms with E-state index in [0.29, 0.717) is 22.4 Å². The zero-order valence-electron chi connectivity index (χ0n) is 14.5. The van der Waals surface area contributed by atoms with Crippen LogP contribution in [0.5, 0.6) is 0 Å². The van der Waals surface area contributed by atoms with Crippen molar-refractivity contribution in [3.05, 3.63) is 57.3 Å². The van der Waals surface area contributed by atoms with Crippen molar-refractivity contribution >= 4 is 22.8 Å². The predicted octanol–water partition coefficient (Wildman–Crippen LogP) is -0.365. The van der Waals surface area contributed by atoms with E-state index >= 15 is 0 Å². The molecule has 10 heteroatoms. The van der Waals surface area contributed by atoms with Crippen molar-refractivity contribution in [2.45, 2.75) is 13.5 Å². The minimum Gasteiger partial charge on any atom is -0.319 e. The van der Waals surface area contributed by atoms with Gasteiger partial charge in [0.15, 0.2) is 11.2 Å². The summed E-state index contributed by atoms with van der Waals surface area (Å²) in [4.78, 5) is 44.3. The van der Waals surface area contributed by atoms with Gasteiger partial charge in [0.05, 0.1) is 18.6 Å². The number of pyridine rings is 1. The largest absolute Gasteiger partial charge is 0.332 e. The number of nitrogens with one attached hydrogen (secondary N) is 1. The van der Waals surface area contributed by atoms with Crippen LogP contribution in [0.3, 0.4) is 0 Å². The summed E-state index contributed by atoms with van der Waals surface area (Å²) in [5, 5.41) is 4.04. The normalized spacial score (nSPS) is 11.7. The molecule has 3 rings (SSSR count). The molecular formula is C16H17N7O3. The highest BCUT2D eigenvalue weighted by Gasteiger charge is 2.14. The summed E-state index contributed by atoms with van der Waals surface area (Å²) in [7, 11) is 2.97. The summed E-state index contributed by atoms with van der Waals surface area (Å²) in [6, 6.07) is 3.15. The van der Waals surface area contributed by atoms with Crippen LogP contribution in [-0.2, 0) is 20.6 Å². The standard InChI is InChI=1S/C16H17N7O3/c1-10(19-20-14(24)11-4-6-17-7-5-11)8-23-9-18-13-12(23)15(25)22(3)16(26)21(13)2/h4-7,9H,8H2,1-3H3,(H,20,24)/b19-10+.